The molecule has 0 saturated heterocycles. The summed E-state index contributed by atoms with van der Waals surface area (Å²) in [6.07, 6.45) is 1.80. The maximum atomic E-state index is 13.9. The van der Waals surface area contributed by atoms with E-state index in [1.54, 1.807) is 48.8 Å². The highest BCUT2D eigenvalue weighted by atomic mass is 32.1. The molecule has 3 aromatic carbocycles. The zero-order chi connectivity index (χ0) is 30.7. The number of nitrogens with zero attached hydrogens (tertiary/aromatic N) is 2. The number of fused-ring (bicyclic) bond motifs is 1. The molecule has 0 amide bonds. The van der Waals surface area contributed by atoms with Gasteiger partial charge in [-0.3, -0.25) is 9.36 Å². The second-order valence-electron chi connectivity index (χ2n) is 10.5. The number of benzene rings is 3. The van der Waals surface area contributed by atoms with Crippen LogP contribution in [0, 0.1) is 0 Å². The van der Waals surface area contributed by atoms with E-state index < -0.39 is 18.0 Å². The number of hydrogen-bond donors (Lipinski definition) is 1. The van der Waals surface area contributed by atoms with E-state index in [0.717, 1.165) is 22.3 Å². The van der Waals surface area contributed by atoms with Crippen molar-refractivity contribution >= 4 is 29.4 Å². The van der Waals surface area contributed by atoms with Gasteiger partial charge in [0, 0.05) is 0 Å². The number of aromatic carboxylic acids is 1. The minimum atomic E-state index is -0.987. The number of aromatic nitrogens is 1. The average molecular weight is 597 g/mol. The highest BCUT2D eigenvalue weighted by Gasteiger charge is 2.33. The smallest absolute Gasteiger partial charge is 0.338 e. The number of carboxylic acid groups (broad SMARTS) is 1. The van der Waals surface area contributed by atoms with Crippen LogP contribution in [0.4, 0.5) is 0 Å². The summed E-state index contributed by atoms with van der Waals surface area (Å²) in [7, 11) is 0. The van der Waals surface area contributed by atoms with Crippen LogP contribution in [0.5, 0.6) is 5.75 Å². The van der Waals surface area contributed by atoms with Gasteiger partial charge >= 0.3 is 11.9 Å². The summed E-state index contributed by atoms with van der Waals surface area (Å²) in [4.78, 5) is 43.3. The van der Waals surface area contributed by atoms with Crippen molar-refractivity contribution < 1.29 is 24.2 Å². The maximum absolute atomic E-state index is 13.9. The Morgan fingerprint density at radius 2 is 1.79 bits per heavy atom. The van der Waals surface area contributed by atoms with Crippen molar-refractivity contribution in [3.8, 4) is 5.75 Å². The summed E-state index contributed by atoms with van der Waals surface area (Å²) in [6, 6.07) is 21.2. The normalized spacial score (nSPS) is 14.8. The van der Waals surface area contributed by atoms with E-state index in [9.17, 15) is 19.5 Å². The first-order valence-corrected chi connectivity index (χ1v) is 14.8. The van der Waals surface area contributed by atoms with Crippen LogP contribution in [-0.4, -0.2) is 28.2 Å². The van der Waals surface area contributed by atoms with Crippen LogP contribution in [0.15, 0.2) is 93.9 Å². The molecule has 4 aromatic rings. The quantitative estimate of drug-likeness (QED) is 0.266. The first kappa shape index (κ1) is 29.7. The van der Waals surface area contributed by atoms with Crippen molar-refractivity contribution in [1.82, 2.24) is 4.57 Å². The molecule has 0 aliphatic carbocycles. The SMILES string of the molecule is CCOC(=O)C1=C(C)N=c2s/c(=C\c3ccc(OCc4cccc(C(=O)O)c4)cc3)c(=O)n2[C@@H]1c1ccc(C(C)C)cc1. The van der Waals surface area contributed by atoms with Crippen LogP contribution in [0.3, 0.4) is 0 Å². The third-order valence-electron chi connectivity index (χ3n) is 7.19. The molecule has 0 spiro atoms. The monoisotopic (exact) mass is 596 g/mol. The Balaban J connectivity index is 1.47. The topological polar surface area (TPSA) is 107 Å². The number of carbonyl (C=O) groups is 2. The number of thiazole rings is 1. The van der Waals surface area contributed by atoms with Gasteiger partial charge in [-0.05, 0) is 72.4 Å². The third-order valence-corrected chi connectivity index (χ3v) is 8.18. The van der Waals surface area contributed by atoms with Gasteiger partial charge in [-0.2, -0.15) is 0 Å². The Labute approximate surface area is 252 Å². The summed E-state index contributed by atoms with van der Waals surface area (Å²) >= 11 is 1.27. The van der Waals surface area contributed by atoms with Gasteiger partial charge in [-0.15, -0.1) is 0 Å². The molecule has 1 aliphatic heterocycles. The highest BCUT2D eigenvalue weighted by Crippen LogP contribution is 2.31. The van der Waals surface area contributed by atoms with Gasteiger partial charge in [-0.25, -0.2) is 14.6 Å². The summed E-state index contributed by atoms with van der Waals surface area (Å²) in [6.45, 7) is 8.20. The standard InChI is InChI=1S/C34H32N2O6S/c1-5-41-33(40)29-21(4)35-34-36(30(29)25-13-11-24(12-14-25)20(2)3)31(37)28(43-34)18-22-9-15-27(16-10-22)42-19-23-7-6-8-26(17-23)32(38)39/h6-18,20,30H,5,19H2,1-4H3,(H,38,39)/b28-18-/t30-/m1/s1. The van der Waals surface area contributed by atoms with Crippen molar-refractivity contribution in [2.24, 2.45) is 4.99 Å². The lowest BCUT2D eigenvalue weighted by Crippen LogP contribution is -2.39. The fraction of sp³-hybridized carbons (Fsp3) is 0.235. The molecule has 1 aliphatic rings. The molecule has 5 rings (SSSR count). The Bertz CT molecular complexity index is 1880. The number of hydrogen-bond acceptors (Lipinski definition) is 7. The van der Waals surface area contributed by atoms with Gasteiger partial charge in [0.25, 0.3) is 5.56 Å². The lowest BCUT2D eigenvalue weighted by atomic mass is 9.93. The van der Waals surface area contributed by atoms with Gasteiger partial charge in [-0.1, -0.05) is 73.7 Å². The predicted molar refractivity (Wildman–Crippen MR) is 165 cm³/mol. The number of carbonyl (C=O) groups excluding carboxylic acids is 1. The van der Waals surface area contributed by atoms with Crippen molar-refractivity contribution in [1.29, 1.82) is 0 Å². The first-order chi connectivity index (χ1) is 20.7. The van der Waals surface area contributed by atoms with Crippen LogP contribution in [0.1, 0.15) is 72.3 Å². The number of ether oxygens (including phenoxy) is 2. The lowest BCUT2D eigenvalue weighted by molar-refractivity contribution is -0.139. The van der Waals surface area contributed by atoms with E-state index >= 15 is 0 Å². The van der Waals surface area contributed by atoms with Crippen LogP contribution >= 0.6 is 11.3 Å². The van der Waals surface area contributed by atoms with Crippen molar-refractivity contribution in [2.45, 2.75) is 46.3 Å². The molecule has 9 heteroatoms. The predicted octanol–water partition coefficient (Wildman–Crippen LogP) is 5.20. The number of carboxylic acids is 1. The molecule has 0 radical (unpaired) electrons. The molecule has 220 valence electrons. The zero-order valence-corrected chi connectivity index (χ0v) is 25.2. The van der Waals surface area contributed by atoms with E-state index in [2.05, 4.69) is 18.8 Å². The molecule has 43 heavy (non-hydrogen) atoms. The third kappa shape index (κ3) is 6.36. The number of allylic oxidation sites excluding steroid dienone is 1. The van der Waals surface area contributed by atoms with E-state index in [1.807, 2.05) is 42.5 Å². The van der Waals surface area contributed by atoms with Gasteiger partial charge < -0.3 is 14.6 Å². The molecule has 8 nitrogen and oxygen atoms in total. The molecule has 2 heterocycles. The van der Waals surface area contributed by atoms with E-state index in [0.29, 0.717) is 32.3 Å². The second-order valence-corrected chi connectivity index (χ2v) is 11.5. The average Bonchev–Trinajstić information content (AvgIpc) is 3.30. The molecule has 0 bridgehead atoms. The van der Waals surface area contributed by atoms with Gasteiger partial charge in [0.1, 0.15) is 12.4 Å². The van der Waals surface area contributed by atoms with Crippen molar-refractivity contribution in [2.75, 3.05) is 6.61 Å². The fourth-order valence-corrected chi connectivity index (χ4v) is 5.99. The largest absolute Gasteiger partial charge is 0.489 e. The Hall–Kier alpha value is -4.76. The zero-order valence-electron chi connectivity index (χ0n) is 24.4. The van der Waals surface area contributed by atoms with Gasteiger partial charge in [0.05, 0.1) is 34.0 Å². The Kier molecular flexibility index (Phi) is 8.73. The van der Waals surface area contributed by atoms with Gasteiger partial charge in [0.2, 0.25) is 0 Å². The minimum Gasteiger partial charge on any atom is -0.489 e. The van der Waals surface area contributed by atoms with Gasteiger partial charge in [0.15, 0.2) is 4.80 Å². The van der Waals surface area contributed by atoms with Crippen LogP contribution in [0.2, 0.25) is 0 Å². The second kappa shape index (κ2) is 12.6. The molecule has 0 unspecified atom stereocenters. The van der Waals surface area contributed by atoms with E-state index in [4.69, 9.17) is 9.47 Å². The van der Waals surface area contributed by atoms with Crippen LogP contribution in [-0.2, 0) is 16.1 Å². The maximum Gasteiger partial charge on any atom is 0.338 e. The first-order valence-electron chi connectivity index (χ1n) is 14.0. The van der Waals surface area contributed by atoms with E-state index in [-0.39, 0.29) is 24.3 Å². The fourth-order valence-electron chi connectivity index (χ4n) is 4.94. The van der Waals surface area contributed by atoms with Crippen molar-refractivity contribution in [3.05, 3.63) is 132 Å². The summed E-state index contributed by atoms with van der Waals surface area (Å²) in [5.41, 5.74) is 4.36. The summed E-state index contributed by atoms with van der Waals surface area (Å²) in [5.74, 6) is -0.517. The van der Waals surface area contributed by atoms with Crippen LogP contribution < -0.4 is 19.6 Å². The molecule has 1 aromatic heterocycles. The molecular weight excluding hydrogens is 564 g/mol. The molecule has 1 N–H and O–H groups in total. The minimum absolute atomic E-state index is 0.206. The Morgan fingerprint density at radius 3 is 2.44 bits per heavy atom. The lowest BCUT2D eigenvalue weighted by Gasteiger charge is -2.25. The molecule has 0 saturated carbocycles. The Morgan fingerprint density at radius 1 is 1.07 bits per heavy atom. The van der Waals surface area contributed by atoms with Crippen molar-refractivity contribution in [3.63, 3.8) is 0 Å². The van der Waals surface area contributed by atoms with Crippen LogP contribution in [0.25, 0.3) is 6.08 Å². The number of esters is 1. The molecule has 0 fully saturated rings. The summed E-state index contributed by atoms with van der Waals surface area (Å²) in [5, 5.41) is 9.20. The summed E-state index contributed by atoms with van der Waals surface area (Å²) < 4.78 is 13.3. The van der Waals surface area contributed by atoms with E-state index in [1.165, 1.54) is 17.4 Å². The molecule has 1 atom stereocenters. The molecular formula is C34H32N2O6S. The highest BCUT2D eigenvalue weighted by molar-refractivity contribution is 7.07. The number of rotatable bonds is 9.